The number of aromatic amines is 1. The second kappa shape index (κ2) is 8.30. The van der Waals surface area contributed by atoms with Crippen molar-refractivity contribution in [2.75, 3.05) is 26.7 Å². The molecule has 0 saturated carbocycles. The van der Waals surface area contributed by atoms with Gasteiger partial charge in [0.05, 0.1) is 35.7 Å². The Hall–Kier alpha value is -3.98. The summed E-state index contributed by atoms with van der Waals surface area (Å²) in [6, 6.07) is 6.30. The van der Waals surface area contributed by atoms with Gasteiger partial charge in [-0.2, -0.15) is 10.2 Å². The lowest BCUT2D eigenvalue weighted by Crippen LogP contribution is -2.35. The minimum Gasteiger partial charge on any atom is -0.346 e. The summed E-state index contributed by atoms with van der Waals surface area (Å²) in [4.78, 5) is 25.6. The molecule has 0 unspecified atom stereocenters. The third kappa shape index (κ3) is 3.42. The molecule has 9 heteroatoms. The Morgan fingerprint density at radius 3 is 2.72 bits per heavy atom. The molecule has 7 rings (SSSR count). The highest BCUT2D eigenvalue weighted by Gasteiger charge is 2.23. The Bertz CT molecular complexity index is 1600. The van der Waals surface area contributed by atoms with Crippen LogP contribution in [0.25, 0.3) is 38.8 Å². The van der Waals surface area contributed by atoms with E-state index >= 15 is 0 Å². The number of aromatic nitrogens is 6. The van der Waals surface area contributed by atoms with E-state index in [1.807, 2.05) is 35.8 Å². The van der Waals surface area contributed by atoms with Crippen LogP contribution in [0.3, 0.4) is 0 Å². The van der Waals surface area contributed by atoms with E-state index in [4.69, 9.17) is 4.98 Å². The van der Waals surface area contributed by atoms with Crippen molar-refractivity contribution in [2.45, 2.75) is 32.4 Å². The Morgan fingerprint density at radius 2 is 1.83 bits per heavy atom. The monoisotopic (exact) mass is 480 g/mol. The van der Waals surface area contributed by atoms with E-state index in [2.05, 4.69) is 43.9 Å². The van der Waals surface area contributed by atoms with Crippen molar-refractivity contribution >= 4 is 22.5 Å². The van der Waals surface area contributed by atoms with Crippen LogP contribution in [0, 0.1) is 0 Å². The van der Waals surface area contributed by atoms with E-state index in [0.29, 0.717) is 5.56 Å². The SMILES string of the molecule is CN1CCn2ncc(-c3cnc4[nH]cc(-c5ccn6ncc(C(=O)N7CCCCC7)c6c5)c4c3)c2C1. The van der Waals surface area contributed by atoms with Gasteiger partial charge in [0.1, 0.15) is 5.65 Å². The molecule has 7 heterocycles. The molecule has 9 nitrogen and oxygen atoms in total. The van der Waals surface area contributed by atoms with Gasteiger partial charge in [0, 0.05) is 66.8 Å². The lowest BCUT2D eigenvalue weighted by molar-refractivity contribution is 0.0726. The van der Waals surface area contributed by atoms with E-state index in [0.717, 1.165) is 84.4 Å². The molecule has 0 spiro atoms. The fraction of sp³-hybridized carbons (Fsp3) is 0.333. The molecule has 2 aliphatic rings. The molecule has 36 heavy (non-hydrogen) atoms. The molecule has 5 aromatic rings. The topological polar surface area (TPSA) is 87.4 Å². The van der Waals surface area contributed by atoms with E-state index in [9.17, 15) is 4.79 Å². The Labute approximate surface area is 208 Å². The molecule has 182 valence electrons. The van der Waals surface area contributed by atoms with Gasteiger partial charge < -0.3 is 9.88 Å². The fourth-order valence-corrected chi connectivity index (χ4v) is 5.58. The summed E-state index contributed by atoms with van der Waals surface area (Å²) >= 11 is 0. The van der Waals surface area contributed by atoms with Crippen LogP contribution >= 0.6 is 0 Å². The molecule has 1 N–H and O–H groups in total. The largest absolute Gasteiger partial charge is 0.346 e. The zero-order valence-electron chi connectivity index (χ0n) is 20.3. The van der Waals surface area contributed by atoms with Crippen molar-refractivity contribution in [1.82, 2.24) is 39.2 Å². The van der Waals surface area contributed by atoms with Crippen LogP contribution in [0.1, 0.15) is 35.3 Å². The molecule has 0 aliphatic carbocycles. The van der Waals surface area contributed by atoms with Gasteiger partial charge in [0.25, 0.3) is 5.91 Å². The van der Waals surface area contributed by atoms with Crippen molar-refractivity contribution in [3.05, 3.63) is 60.4 Å². The van der Waals surface area contributed by atoms with Gasteiger partial charge in [-0.3, -0.25) is 14.4 Å². The quantitative estimate of drug-likeness (QED) is 0.424. The first-order chi connectivity index (χ1) is 17.7. The first-order valence-electron chi connectivity index (χ1n) is 12.6. The zero-order chi connectivity index (χ0) is 24.2. The summed E-state index contributed by atoms with van der Waals surface area (Å²) in [5.74, 6) is 0.0701. The van der Waals surface area contributed by atoms with Gasteiger partial charge in [-0.1, -0.05) is 0 Å². The molecule has 5 aromatic heterocycles. The number of amides is 1. The zero-order valence-corrected chi connectivity index (χ0v) is 20.3. The average Bonchev–Trinajstić information content (AvgIpc) is 3.64. The minimum absolute atomic E-state index is 0.0701. The summed E-state index contributed by atoms with van der Waals surface area (Å²) in [6.45, 7) is 4.43. The lowest BCUT2D eigenvalue weighted by atomic mass is 10.0. The van der Waals surface area contributed by atoms with Crippen LogP contribution < -0.4 is 0 Å². The standard InChI is InChI=1S/C27H28N8O/c1-32-9-10-35-25(17-32)22(15-30-35)19-11-20-21(14-29-26(20)28-13-19)18-5-8-34-24(12-18)23(16-31-34)27(36)33-6-3-2-4-7-33/h5,8,11-16H,2-4,6-7,9-10,17H2,1H3,(H,28,29). The van der Waals surface area contributed by atoms with Crippen LogP contribution in [0.15, 0.2) is 49.2 Å². The van der Waals surface area contributed by atoms with Crippen molar-refractivity contribution in [3.63, 3.8) is 0 Å². The molecule has 1 saturated heterocycles. The van der Waals surface area contributed by atoms with Gasteiger partial charge in [-0.25, -0.2) is 9.50 Å². The number of hydrogen-bond acceptors (Lipinski definition) is 5. The third-order valence-electron chi connectivity index (χ3n) is 7.61. The lowest BCUT2D eigenvalue weighted by Gasteiger charge is -2.26. The number of H-pyrrole nitrogens is 1. The van der Waals surface area contributed by atoms with E-state index in [1.165, 1.54) is 12.1 Å². The van der Waals surface area contributed by atoms with Gasteiger partial charge in [-0.05, 0) is 50.1 Å². The highest BCUT2D eigenvalue weighted by atomic mass is 16.2. The maximum absolute atomic E-state index is 13.2. The van der Waals surface area contributed by atoms with E-state index < -0.39 is 0 Å². The fourth-order valence-electron chi connectivity index (χ4n) is 5.58. The number of carbonyl (C=O) groups excluding carboxylic acids is 1. The number of nitrogens with one attached hydrogen (secondary N) is 1. The summed E-state index contributed by atoms with van der Waals surface area (Å²) in [5, 5.41) is 10.1. The maximum atomic E-state index is 13.2. The molecule has 1 amide bonds. The Kier molecular flexibility index (Phi) is 4.92. The highest BCUT2D eigenvalue weighted by molar-refractivity contribution is 6.02. The van der Waals surface area contributed by atoms with Gasteiger partial charge >= 0.3 is 0 Å². The second-order valence-electron chi connectivity index (χ2n) is 9.94. The highest BCUT2D eigenvalue weighted by Crippen LogP contribution is 2.34. The van der Waals surface area contributed by atoms with Gasteiger partial charge in [-0.15, -0.1) is 0 Å². The van der Waals surface area contributed by atoms with Crippen LogP contribution in [0.2, 0.25) is 0 Å². The molecule has 0 aromatic carbocycles. The van der Waals surface area contributed by atoms with E-state index in [-0.39, 0.29) is 5.91 Å². The molecule has 2 aliphatic heterocycles. The Morgan fingerprint density at radius 1 is 0.944 bits per heavy atom. The number of pyridine rings is 2. The second-order valence-corrected chi connectivity index (χ2v) is 9.94. The van der Waals surface area contributed by atoms with Crippen LogP contribution in [0.4, 0.5) is 0 Å². The first kappa shape index (κ1) is 21.3. The van der Waals surface area contributed by atoms with Crippen LogP contribution in [-0.2, 0) is 13.1 Å². The molecular weight excluding hydrogens is 452 g/mol. The van der Waals surface area contributed by atoms with E-state index in [1.54, 1.807) is 10.7 Å². The molecule has 1 fully saturated rings. The number of hydrogen-bond donors (Lipinski definition) is 1. The normalized spacial score (nSPS) is 16.6. The van der Waals surface area contributed by atoms with Crippen molar-refractivity contribution in [1.29, 1.82) is 0 Å². The number of fused-ring (bicyclic) bond motifs is 3. The molecular formula is C27H28N8O. The third-order valence-corrected chi connectivity index (χ3v) is 7.61. The average molecular weight is 481 g/mol. The van der Waals surface area contributed by atoms with Crippen molar-refractivity contribution < 1.29 is 4.79 Å². The minimum atomic E-state index is 0.0701. The number of rotatable bonds is 3. The maximum Gasteiger partial charge on any atom is 0.257 e. The summed E-state index contributed by atoms with van der Waals surface area (Å²) in [6.07, 6.45) is 12.8. The summed E-state index contributed by atoms with van der Waals surface area (Å²) < 4.78 is 3.89. The molecule has 0 radical (unpaired) electrons. The number of carbonyl (C=O) groups is 1. The van der Waals surface area contributed by atoms with Crippen molar-refractivity contribution in [2.24, 2.45) is 0 Å². The number of piperidine rings is 1. The van der Waals surface area contributed by atoms with Crippen molar-refractivity contribution in [3.8, 4) is 22.3 Å². The predicted molar refractivity (Wildman–Crippen MR) is 138 cm³/mol. The molecule has 0 bridgehead atoms. The van der Waals surface area contributed by atoms with Crippen LogP contribution in [-0.4, -0.2) is 71.8 Å². The number of likely N-dealkylation sites (N-methyl/N-ethyl adjacent to an activating group) is 1. The Balaban J connectivity index is 1.29. The smallest absolute Gasteiger partial charge is 0.257 e. The predicted octanol–water partition coefficient (Wildman–Crippen LogP) is 3.81. The number of nitrogens with zero attached hydrogens (tertiary/aromatic N) is 7. The molecule has 0 atom stereocenters. The van der Waals surface area contributed by atoms with Crippen LogP contribution in [0.5, 0.6) is 0 Å². The summed E-state index contributed by atoms with van der Waals surface area (Å²) in [5.41, 5.74) is 7.82. The van der Waals surface area contributed by atoms with Gasteiger partial charge in [0.15, 0.2) is 0 Å². The van der Waals surface area contributed by atoms with Gasteiger partial charge in [0.2, 0.25) is 0 Å². The first-order valence-corrected chi connectivity index (χ1v) is 12.6. The summed E-state index contributed by atoms with van der Waals surface area (Å²) in [7, 11) is 2.14. The number of likely N-dealkylation sites (tertiary alicyclic amines) is 1.